The van der Waals surface area contributed by atoms with E-state index in [0.717, 1.165) is 16.5 Å². The van der Waals surface area contributed by atoms with E-state index in [1.54, 1.807) is 25.3 Å². The van der Waals surface area contributed by atoms with Gasteiger partial charge in [-0.1, -0.05) is 35.9 Å². The van der Waals surface area contributed by atoms with Crippen molar-refractivity contribution in [3.8, 4) is 11.5 Å². The fourth-order valence-corrected chi connectivity index (χ4v) is 2.67. The number of hydrogen-bond donors (Lipinski definition) is 1. The van der Waals surface area contributed by atoms with Crippen molar-refractivity contribution in [1.82, 2.24) is 5.32 Å². The van der Waals surface area contributed by atoms with Crippen LogP contribution in [0.3, 0.4) is 0 Å². The number of methoxy groups -OCH3 is 1. The fraction of sp³-hybridized carbons (Fsp3) is 0.150. The second-order valence-corrected chi connectivity index (χ2v) is 5.87. The van der Waals surface area contributed by atoms with Gasteiger partial charge in [-0.2, -0.15) is 0 Å². The number of benzene rings is 3. The van der Waals surface area contributed by atoms with Crippen molar-refractivity contribution in [3.63, 3.8) is 0 Å². The van der Waals surface area contributed by atoms with Crippen molar-refractivity contribution >= 4 is 28.3 Å². The molecule has 0 aliphatic heterocycles. The van der Waals surface area contributed by atoms with Gasteiger partial charge in [-0.3, -0.25) is 4.79 Å². The van der Waals surface area contributed by atoms with Crippen molar-refractivity contribution in [2.75, 3.05) is 20.3 Å². The molecule has 0 heterocycles. The molecule has 1 amide bonds. The largest absolute Gasteiger partial charge is 0.497 e. The van der Waals surface area contributed by atoms with Gasteiger partial charge < -0.3 is 14.8 Å². The topological polar surface area (TPSA) is 47.6 Å². The normalized spacial score (nSPS) is 10.5. The van der Waals surface area contributed by atoms with Gasteiger partial charge >= 0.3 is 0 Å². The molecule has 128 valence electrons. The second kappa shape index (κ2) is 7.90. The Labute approximate surface area is 151 Å². The van der Waals surface area contributed by atoms with E-state index in [1.165, 1.54) is 0 Å². The van der Waals surface area contributed by atoms with Crippen LogP contribution in [0.25, 0.3) is 10.8 Å². The Bertz CT molecular complexity index is 895. The minimum atomic E-state index is -0.138. The number of carbonyl (C=O) groups is 1. The lowest BCUT2D eigenvalue weighted by atomic mass is 10.1. The summed E-state index contributed by atoms with van der Waals surface area (Å²) in [6.45, 7) is 0.741. The van der Waals surface area contributed by atoms with Gasteiger partial charge in [-0.15, -0.1) is 0 Å². The van der Waals surface area contributed by atoms with Crippen LogP contribution in [0.15, 0.2) is 60.7 Å². The number of hydrogen-bond acceptors (Lipinski definition) is 3. The molecule has 0 spiro atoms. The Hall–Kier alpha value is -2.72. The Balaban J connectivity index is 1.58. The molecular formula is C20H18ClNO3. The first-order valence-corrected chi connectivity index (χ1v) is 8.28. The van der Waals surface area contributed by atoms with Gasteiger partial charge in [-0.05, 0) is 47.2 Å². The van der Waals surface area contributed by atoms with Crippen LogP contribution in [-0.4, -0.2) is 26.2 Å². The van der Waals surface area contributed by atoms with Gasteiger partial charge in [0.15, 0.2) is 0 Å². The summed E-state index contributed by atoms with van der Waals surface area (Å²) in [6, 6.07) is 18.6. The van der Waals surface area contributed by atoms with E-state index in [2.05, 4.69) is 5.32 Å². The molecule has 0 atom stereocenters. The summed E-state index contributed by atoms with van der Waals surface area (Å²) in [5.41, 5.74) is 0.607. The molecule has 0 bridgehead atoms. The third-order valence-electron chi connectivity index (χ3n) is 3.79. The number of halogens is 1. The maximum atomic E-state index is 12.3. The van der Waals surface area contributed by atoms with Gasteiger partial charge in [0.2, 0.25) is 0 Å². The Morgan fingerprint density at radius 1 is 1.04 bits per heavy atom. The summed E-state index contributed by atoms with van der Waals surface area (Å²) >= 11 is 6.02. The van der Waals surface area contributed by atoms with Gasteiger partial charge in [0.05, 0.1) is 18.7 Å². The number of nitrogens with one attached hydrogen (secondary N) is 1. The molecule has 3 aromatic carbocycles. The maximum absolute atomic E-state index is 12.3. The van der Waals surface area contributed by atoms with Gasteiger partial charge in [0, 0.05) is 5.56 Å². The van der Waals surface area contributed by atoms with E-state index in [-0.39, 0.29) is 5.91 Å². The number of carbonyl (C=O) groups excluding carboxylic acids is 1. The lowest BCUT2D eigenvalue weighted by Crippen LogP contribution is -2.28. The lowest BCUT2D eigenvalue weighted by molar-refractivity contribution is 0.0947. The van der Waals surface area contributed by atoms with Crippen molar-refractivity contribution in [3.05, 3.63) is 71.2 Å². The molecule has 0 radical (unpaired) electrons. The van der Waals surface area contributed by atoms with Crippen LogP contribution in [-0.2, 0) is 0 Å². The zero-order valence-electron chi connectivity index (χ0n) is 13.8. The smallest absolute Gasteiger partial charge is 0.251 e. The molecule has 25 heavy (non-hydrogen) atoms. The molecular weight excluding hydrogens is 338 g/mol. The van der Waals surface area contributed by atoms with E-state index in [4.69, 9.17) is 21.1 Å². The van der Waals surface area contributed by atoms with Crippen molar-refractivity contribution < 1.29 is 14.3 Å². The van der Waals surface area contributed by atoms with Gasteiger partial charge in [0.1, 0.15) is 18.1 Å². The third kappa shape index (κ3) is 4.22. The van der Waals surface area contributed by atoms with E-state index >= 15 is 0 Å². The zero-order valence-corrected chi connectivity index (χ0v) is 14.5. The fourth-order valence-electron chi connectivity index (χ4n) is 2.48. The van der Waals surface area contributed by atoms with Crippen molar-refractivity contribution in [2.45, 2.75) is 0 Å². The molecule has 0 unspecified atom stereocenters. The Morgan fingerprint density at radius 3 is 2.60 bits per heavy atom. The number of rotatable bonds is 6. The van der Waals surface area contributed by atoms with Crippen LogP contribution in [0.4, 0.5) is 0 Å². The molecule has 1 N–H and O–H groups in total. The van der Waals surface area contributed by atoms with E-state index in [1.807, 2.05) is 42.5 Å². The van der Waals surface area contributed by atoms with Crippen LogP contribution < -0.4 is 14.8 Å². The lowest BCUT2D eigenvalue weighted by Gasteiger charge is -2.09. The van der Waals surface area contributed by atoms with Crippen molar-refractivity contribution in [2.24, 2.45) is 0 Å². The summed E-state index contributed by atoms with van der Waals surface area (Å²) in [5.74, 6) is 1.26. The quantitative estimate of drug-likeness (QED) is 0.670. The summed E-state index contributed by atoms with van der Waals surface area (Å²) < 4.78 is 10.8. The highest BCUT2D eigenvalue weighted by atomic mass is 35.5. The van der Waals surface area contributed by atoms with E-state index in [9.17, 15) is 4.79 Å². The predicted molar refractivity (Wildman–Crippen MR) is 99.8 cm³/mol. The standard InChI is InChI=1S/C20H18ClNO3/c1-24-17-9-8-14-12-16(7-6-15(14)13-17)20(23)22-10-11-25-19-5-3-2-4-18(19)21/h2-9,12-13H,10-11H2,1H3,(H,22,23). The third-order valence-corrected chi connectivity index (χ3v) is 4.10. The SMILES string of the molecule is COc1ccc2cc(C(=O)NCCOc3ccccc3Cl)ccc2c1. The monoisotopic (exact) mass is 355 g/mol. The Kier molecular flexibility index (Phi) is 5.41. The molecule has 0 saturated carbocycles. The second-order valence-electron chi connectivity index (χ2n) is 5.46. The molecule has 0 aromatic heterocycles. The summed E-state index contributed by atoms with van der Waals surface area (Å²) in [6.07, 6.45) is 0. The first kappa shape index (κ1) is 17.1. The van der Waals surface area contributed by atoms with Crippen LogP contribution in [0.1, 0.15) is 10.4 Å². The van der Waals surface area contributed by atoms with Crippen LogP contribution in [0.2, 0.25) is 5.02 Å². The molecule has 0 fully saturated rings. The number of ether oxygens (including phenoxy) is 2. The highest BCUT2D eigenvalue weighted by molar-refractivity contribution is 6.32. The molecule has 5 heteroatoms. The number of fused-ring (bicyclic) bond motifs is 1. The zero-order chi connectivity index (χ0) is 17.6. The van der Waals surface area contributed by atoms with Crippen LogP contribution in [0.5, 0.6) is 11.5 Å². The van der Waals surface area contributed by atoms with E-state index in [0.29, 0.717) is 29.5 Å². The molecule has 0 aliphatic carbocycles. The number of amides is 1. The van der Waals surface area contributed by atoms with Crippen LogP contribution in [0, 0.1) is 0 Å². The summed E-state index contributed by atoms with van der Waals surface area (Å²) in [4.78, 5) is 12.3. The van der Waals surface area contributed by atoms with Crippen LogP contribution >= 0.6 is 11.6 Å². The Morgan fingerprint density at radius 2 is 1.80 bits per heavy atom. The molecule has 0 aliphatic rings. The predicted octanol–water partition coefficient (Wildman–Crippen LogP) is 4.31. The summed E-state index contributed by atoms with van der Waals surface area (Å²) in [5, 5.41) is 5.41. The minimum absolute atomic E-state index is 0.138. The van der Waals surface area contributed by atoms with E-state index < -0.39 is 0 Å². The van der Waals surface area contributed by atoms with Crippen molar-refractivity contribution in [1.29, 1.82) is 0 Å². The maximum Gasteiger partial charge on any atom is 0.251 e. The first-order chi connectivity index (χ1) is 12.2. The average Bonchev–Trinajstić information content (AvgIpc) is 2.65. The highest BCUT2D eigenvalue weighted by Gasteiger charge is 2.07. The van der Waals surface area contributed by atoms with Gasteiger partial charge in [-0.25, -0.2) is 0 Å². The molecule has 4 nitrogen and oxygen atoms in total. The minimum Gasteiger partial charge on any atom is -0.497 e. The highest BCUT2D eigenvalue weighted by Crippen LogP contribution is 2.23. The average molecular weight is 356 g/mol. The number of para-hydroxylation sites is 1. The molecule has 3 rings (SSSR count). The van der Waals surface area contributed by atoms with Gasteiger partial charge in [0.25, 0.3) is 5.91 Å². The first-order valence-electron chi connectivity index (χ1n) is 7.91. The summed E-state index contributed by atoms with van der Waals surface area (Å²) in [7, 11) is 1.63. The molecule has 3 aromatic rings. The molecule has 0 saturated heterocycles.